The Morgan fingerprint density at radius 1 is 1.56 bits per heavy atom. The summed E-state index contributed by atoms with van der Waals surface area (Å²) in [5, 5.41) is 18.1. The number of halogens is 1. The molecule has 2 rings (SSSR count). The summed E-state index contributed by atoms with van der Waals surface area (Å²) in [7, 11) is 0. The molecule has 1 fully saturated rings. The molecule has 4 nitrogen and oxygen atoms in total. The molecule has 94 valence electrons. The summed E-state index contributed by atoms with van der Waals surface area (Å²) < 4.78 is 13.0. The molecule has 1 N–H and O–H groups in total. The second kappa shape index (κ2) is 4.65. The normalized spacial score (nSPS) is 22.8. The lowest BCUT2D eigenvalue weighted by atomic mass is 9.99. The Bertz CT molecular complexity index is 524. The maximum atomic E-state index is 13.0. The van der Waals surface area contributed by atoms with Crippen molar-refractivity contribution in [1.29, 1.82) is 5.26 Å². The van der Waals surface area contributed by atoms with Crippen LogP contribution in [-0.4, -0.2) is 24.2 Å². The number of hydrogen-bond donors (Lipinski definition) is 1. The van der Waals surface area contributed by atoms with Crippen LogP contribution in [0.1, 0.15) is 12.5 Å². The van der Waals surface area contributed by atoms with E-state index in [1.54, 1.807) is 0 Å². The monoisotopic (exact) mass is 248 g/mol. The topological polar surface area (TPSA) is 64.3 Å². The molecule has 1 aliphatic heterocycles. The van der Waals surface area contributed by atoms with Crippen LogP contribution in [-0.2, 0) is 4.79 Å². The summed E-state index contributed by atoms with van der Waals surface area (Å²) in [6.07, 6.45) is 0. The molecular weight excluding hydrogens is 235 g/mol. The maximum absolute atomic E-state index is 13.0. The Morgan fingerprint density at radius 3 is 2.83 bits per heavy atom. The average Bonchev–Trinajstić information content (AvgIpc) is 2.71. The first-order chi connectivity index (χ1) is 8.52. The highest BCUT2D eigenvalue weighted by Gasteiger charge is 2.35. The van der Waals surface area contributed by atoms with E-state index in [2.05, 4.69) is 0 Å². The van der Waals surface area contributed by atoms with E-state index in [9.17, 15) is 9.18 Å². The molecule has 18 heavy (non-hydrogen) atoms. The lowest BCUT2D eigenvalue weighted by Gasteiger charge is -2.19. The number of carboxylic acid groups (broad SMARTS) is 1. The van der Waals surface area contributed by atoms with E-state index in [0.717, 1.165) is 0 Å². The Kier molecular flexibility index (Phi) is 3.19. The fraction of sp³-hybridized carbons (Fsp3) is 0.385. The maximum Gasteiger partial charge on any atom is 0.308 e. The van der Waals surface area contributed by atoms with Gasteiger partial charge in [0.15, 0.2) is 0 Å². The quantitative estimate of drug-likeness (QED) is 0.867. The number of nitrogens with zero attached hydrogens (tertiary/aromatic N) is 2. The zero-order valence-corrected chi connectivity index (χ0v) is 9.93. The van der Waals surface area contributed by atoms with Crippen LogP contribution in [0.3, 0.4) is 0 Å². The Balaban J connectivity index is 2.29. The largest absolute Gasteiger partial charge is 0.481 e. The summed E-state index contributed by atoms with van der Waals surface area (Å²) >= 11 is 0. The zero-order chi connectivity index (χ0) is 13.3. The first-order valence-electron chi connectivity index (χ1n) is 5.70. The molecule has 0 bridgehead atoms. The van der Waals surface area contributed by atoms with Crippen LogP contribution in [0.15, 0.2) is 18.2 Å². The number of nitriles is 1. The van der Waals surface area contributed by atoms with Crippen molar-refractivity contribution >= 4 is 11.7 Å². The highest BCUT2D eigenvalue weighted by molar-refractivity contribution is 5.73. The summed E-state index contributed by atoms with van der Waals surface area (Å²) in [5.41, 5.74) is 0.850. The number of hydrogen-bond acceptors (Lipinski definition) is 3. The standard InChI is InChI=1S/C13H13FN2O2/c1-8-6-16(7-11(8)13(17)18)12-3-2-10(14)4-9(12)5-15/h2-4,8,11H,6-7H2,1H3,(H,17,18). The second-order valence-corrected chi connectivity index (χ2v) is 4.60. The Labute approximate surface area is 104 Å². The third kappa shape index (κ3) is 2.14. The highest BCUT2D eigenvalue weighted by atomic mass is 19.1. The fourth-order valence-electron chi connectivity index (χ4n) is 2.36. The van der Waals surface area contributed by atoms with Crippen molar-refractivity contribution in [1.82, 2.24) is 0 Å². The van der Waals surface area contributed by atoms with E-state index in [1.807, 2.05) is 17.9 Å². The minimum absolute atomic E-state index is 0.0131. The van der Waals surface area contributed by atoms with Gasteiger partial charge in [0, 0.05) is 13.1 Å². The average molecular weight is 248 g/mol. The zero-order valence-electron chi connectivity index (χ0n) is 9.93. The van der Waals surface area contributed by atoms with Crippen LogP contribution in [0.4, 0.5) is 10.1 Å². The van der Waals surface area contributed by atoms with E-state index < -0.39 is 17.7 Å². The molecule has 1 aliphatic rings. The lowest BCUT2D eigenvalue weighted by Crippen LogP contribution is -2.23. The first-order valence-corrected chi connectivity index (χ1v) is 5.70. The minimum Gasteiger partial charge on any atom is -0.481 e. The van der Waals surface area contributed by atoms with Crippen LogP contribution in [0, 0.1) is 29.0 Å². The van der Waals surface area contributed by atoms with E-state index in [4.69, 9.17) is 10.4 Å². The number of anilines is 1. The van der Waals surface area contributed by atoms with E-state index in [0.29, 0.717) is 18.8 Å². The van der Waals surface area contributed by atoms with Crippen molar-refractivity contribution in [2.24, 2.45) is 11.8 Å². The Hall–Kier alpha value is -2.09. The Morgan fingerprint density at radius 2 is 2.28 bits per heavy atom. The lowest BCUT2D eigenvalue weighted by molar-refractivity contribution is -0.142. The van der Waals surface area contributed by atoms with Crippen molar-refractivity contribution in [3.63, 3.8) is 0 Å². The number of benzene rings is 1. The molecule has 0 saturated carbocycles. The van der Waals surface area contributed by atoms with Gasteiger partial charge < -0.3 is 10.0 Å². The SMILES string of the molecule is CC1CN(c2ccc(F)cc2C#N)CC1C(=O)O. The van der Waals surface area contributed by atoms with Gasteiger partial charge in [-0.3, -0.25) is 4.79 Å². The van der Waals surface area contributed by atoms with Gasteiger partial charge in [0.2, 0.25) is 0 Å². The van der Waals surface area contributed by atoms with E-state index >= 15 is 0 Å². The van der Waals surface area contributed by atoms with Gasteiger partial charge in [-0.05, 0) is 24.1 Å². The molecule has 0 aromatic heterocycles. The van der Waals surface area contributed by atoms with Crippen LogP contribution in [0.25, 0.3) is 0 Å². The van der Waals surface area contributed by atoms with E-state index in [-0.39, 0.29) is 11.5 Å². The predicted octanol–water partition coefficient (Wildman–Crippen LogP) is 1.85. The van der Waals surface area contributed by atoms with Crippen LogP contribution in [0.2, 0.25) is 0 Å². The second-order valence-electron chi connectivity index (χ2n) is 4.60. The summed E-state index contributed by atoms with van der Waals surface area (Å²) in [6, 6.07) is 5.94. The van der Waals surface area contributed by atoms with Crippen LogP contribution < -0.4 is 4.90 Å². The van der Waals surface area contributed by atoms with Gasteiger partial charge >= 0.3 is 5.97 Å². The summed E-state index contributed by atoms with van der Waals surface area (Å²) in [4.78, 5) is 12.9. The minimum atomic E-state index is -0.828. The third-order valence-electron chi connectivity index (χ3n) is 3.35. The van der Waals surface area contributed by atoms with Crippen molar-refractivity contribution in [3.8, 4) is 6.07 Å². The third-order valence-corrected chi connectivity index (χ3v) is 3.35. The smallest absolute Gasteiger partial charge is 0.308 e. The van der Waals surface area contributed by atoms with E-state index in [1.165, 1.54) is 18.2 Å². The predicted molar refractivity (Wildman–Crippen MR) is 63.6 cm³/mol. The molecule has 1 heterocycles. The summed E-state index contributed by atoms with van der Waals surface area (Å²) in [5.74, 6) is -1.72. The summed E-state index contributed by atoms with van der Waals surface area (Å²) in [6.45, 7) is 2.79. The molecule has 1 aromatic rings. The fourth-order valence-corrected chi connectivity index (χ4v) is 2.36. The van der Waals surface area contributed by atoms with Gasteiger partial charge in [-0.15, -0.1) is 0 Å². The van der Waals surface area contributed by atoms with Gasteiger partial charge in [0.05, 0.1) is 17.2 Å². The molecule has 2 unspecified atom stereocenters. The molecule has 0 radical (unpaired) electrons. The molecule has 2 atom stereocenters. The van der Waals surface area contributed by atoms with Gasteiger partial charge in [-0.25, -0.2) is 4.39 Å². The molecule has 1 aromatic carbocycles. The number of carbonyl (C=O) groups is 1. The molecule has 0 aliphatic carbocycles. The number of rotatable bonds is 2. The van der Waals surface area contributed by atoms with Crippen molar-refractivity contribution in [2.75, 3.05) is 18.0 Å². The number of aliphatic carboxylic acids is 1. The van der Waals surface area contributed by atoms with Crippen LogP contribution in [0.5, 0.6) is 0 Å². The molecule has 0 spiro atoms. The first kappa shape index (κ1) is 12.4. The van der Waals surface area contributed by atoms with Crippen LogP contribution >= 0.6 is 0 Å². The molecule has 5 heteroatoms. The van der Waals surface area contributed by atoms with Crippen molar-refractivity contribution < 1.29 is 14.3 Å². The molecule has 0 amide bonds. The van der Waals surface area contributed by atoms with Crippen molar-refractivity contribution in [2.45, 2.75) is 6.92 Å². The van der Waals surface area contributed by atoms with Gasteiger partial charge in [0.25, 0.3) is 0 Å². The molecule has 1 saturated heterocycles. The van der Waals surface area contributed by atoms with Gasteiger partial charge in [0.1, 0.15) is 11.9 Å². The molecular formula is C13H13FN2O2. The van der Waals surface area contributed by atoms with Crippen molar-refractivity contribution in [3.05, 3.63) is 29.6 Å². The highest BCUT2D eigenvalue weighted by Crippen LogP contribution is 2.30. The number of carboxylic acids is 1. The van der Waals surface area contributed by atoms with Gasteiger partial charge in [-0.2, -0.15) is 5.26 Å². The van der Waals surface area contributed by atoms with Gasteiger partial charge in [-0.1, -0.05) is 6.92 Å².